The predicted octanol–water partition coefficient (Wildman–Crippen LogP) is 4.49. The third-order valence-electron chi connectivity index (χ3n) is 3.22. The van der Waals surface area contributed by atoms with Crippen LogP contribution in [0.3, 0.4) is 0 Å². The van der Waals surface area contributed by atoms with Gasteiger partial charge in [-0.2, -0.15) is 0 Å². The highest BCUT2D eigenvalue weighted by Crippen LogP contribution is 2.30. The Hall–Kier alpha value is -0.790. The molecule has 0 aliphatic rings. The van der Waals surface area contributed by atoms with Crippen molar-refractivity contribution in [1.29, 1.82) is 0 Å². The zero-order valence-electron chi connectivity index (χ0n) is 11.8. The van der Waals surface area contributed by atoms with Gasteiger partial charge in [0, 0.05) is 11.5 Å². The van der Waals surface area contributed by atoms with Crippen molar-refractivity contribution in [3.05, 3.63) is 12.7 Å². The molecule has 0 rings (SSSR count). The van der Waals surface area contributed by atoms with Gasteiger partial charge in [0.05, 0.1) is 6.61 Å². The normalized spacial score (nSPS) is 14.1. The number of hydrogen-bond donors (Lipinski definition) is 0. The second-order valence-electron chi connectivity index (χ2n) is 5.18. The van der Waals surface area contributed by atoms with E-state index < -0.39 is 0 Å². The maximum atomic E-state index is 11.1. The fourth-order valence-electron chi connectivity index (χ4n) is 2.16. The molecule has 0 radical (unpaired) electrons. The molecule has 17 heavy (non-hydrogen) atoms. The molecule has 0 spiro atoms. The van der Waals surface area contributed by atoms with E-state index in [1.165, 1.54) is 31.8 Å². The summed E-state index contributed by atoms with van der Waals surface area (Å²) in [6, 6.07) is 0. The Morgan fingerprint density at radius 1 is 1.18 bits per heavy atom. The van der Waals surface area contributed by atoms with Gasteiger partial charge in [-0.25, -0.2) is 4.79 Å². The second-order valence-corrected chi connectivity index (χ2v) is 5.18. The molecule has 0 aromatic heterocycles. The van der Waals surface area contributed by atoms with E-state index >= 15 is 0 Å². The van der Waals surface area contributed by atoms with Crippen molar-refractivity contribution in [2.45, 2.75) is 65.7 Å². The molecule has 100 valence electrons. The van der Waals surface area contributed by atoms with Crippen molar-refractivity contribution >= 4 is 5.97 Å². The van der Waals surface area contributed by atoms with Gasteiger partial charge in [0.1, 0.15) is 0 Å². The van der Waals surface area contributed by atoms with Gasteiger partial charge in [0.25, 0.3) is 0 Å². The van der Waals surface area contributed by atoms with Crippen LogP contribution < -0.4 is 0 Å². The monoisotopic (exact) mass is 240 g/mol. The average molecular weight is 240 g/mol. The summed E-state index contributed by atoms with van der Waals surface area (Å²) >= 11 is 0. The number of rotatable bonds is 10. The summed E-state index contributed by atoms with van der Waals surface area (Å²) in [4.78, 5) is 11.1. The first-order valence-corrected chi connectivity index (χ1v) is 6.87. The minimum Gasteiger partial charge on any atom is -0.462 e. The quantitative estimate of drug-likeness (QED) is 0.319. The van der Waals surface area contributed by atoms with Gasteiger partial charge in [0.2, 0.25) is 0 Å². The summed E-state index contributed by atoms with van der Waals surface area (Å²) < 4.78 is 5.21. The lowest BCUT2D eigenvalue weighted by Gasteiger charge is -2.28. The molecule has 0 aromatic carbocycles. The summed E-state index contributed by atoms with van der Waals surface area (Å²) in [5.41, 5.74) is 0.140. The lowest BCUT2D eigenvalue weighted by molar-refractivity contribution is -0.141. The number of hydrogen-bond acceptors (Lipinski definition) is 2. The van der Waals surface area contributed by atoms with E-state index in [-0.39, 0.29) is 11.4 Å². The molecule has 1 unspecified atom stereocenters. The van der Waals surface area contributed by atoms with Gasteiger partial charge in [-0.3, -0.25) is 0 Å². The molecule has 1 atom stereocenters. The van der Waals surface area contributed by atoms with Gasteiger partial charge in [-0.05, 0) is 12.8 Å². The van der Waals surface area contributed by atoms with Crippen LogP contribution in [0.4, 0.5) is 0 Å². The lowest BCUT2D eigenvalue weighted by Crippen LogP contribution is -2.24. The number of ether oxygens (including phenoxy) is 1. The molecule has 0 fully saturated rings. The first-order valence-electron chi connectivity index (χ1n) is 6.87. The highest BCUT2D eigenvalue weighted by Gasteiger charge is 2.24. The second kappa shape index (κ2) is 9.26. The minimum atomic E-state index is -0.305. The summed E-state index contributed by atoms with van der Waals surface area (Å²) in [6.45, 7) is 10.6. The zero-order chi connectivity index (χ0) is 13.1. The maximum Gasteiger partial charge on any atom is 0.330 e. The molecule has 0 bridgehead atoms. The van der Waals surface area contributed by atoms with Crippen molar-refractivity contribution in [2.75, 3.05) is 6.61 Å². The smallest absolute Gasteiger partial charge is 0.330 e. The number of carbonyl (C=O) groups is 1. The Balaban J connectivity index is 4.05. The summed E-state index contributed by atoms with van der Waals surface area (Å²) in [6.07, 6.45) is 9.71. The SMILES string of the molecule is C=CC(=O)OCC(C)(CCC)CCCCCC. The fourth-order valence-corrected chi connectivity index (χ4v) is 2.16. The Bertz CT molecular complexity index is 223. The highest BCUT2D eigenvalue weighted by molar-refractivity contribution is 5.81. The van der Waals surface area contributed by atoms with E-state index in [1.807, 2.05) is 0 Å². The van der Waals surface area contributed by atoms with Crippen LogP contribution in [0.1, 0.15) is 65.7 Å². The van der Waals surface area contributed by atoms with Crippen LogP contribution in [0, 0.1) is 5.41 Å². The fraction of sp³-hybridized carbons (Fsp3) is 0.800. The van der Waals surface area contributed by atoms with Crippen molar-refractivity contribution in [3.8, 4) is 0 Å². The Kier molecular flexibility index (Phi) is 8.83. The van der Waals surface area contributed by atoms with Gasteiger partial charge < -0.3 is 4.74 Å². The van der Waals surface area contributed by atoms with E-state index in [2.05, 4.69) is 27.4 Å². The van der Waals surface area contributed by atoms with E-state index in [9.17, 15) is 4.79 Å². The highest BCUT2D eigenvalue weighted by atomic mass is 16.5. The lowest BCUT2D eigenvalue weighted by atomic mass is 9.81. The molecular weight excluding hydrogens is 212 g/mol. The molecule has 0 saturated carbocycles. The van der Waals surface area contributed by atoms with Crippen LogP contribution in [0.5, 0.6) is 0 Å². The first kappa shape index (κ1) is 16.2. The molecule has 2 heteroatoms. The average Bonchev–Trinajstić information content (AvgIpc) is 2.32. The van der Waals surface area contributed by atoms with Crippen LogP contribution in [0.15, 0.2) is 12.7 Å². The molecule has 0 aliphatic heterocycles. The molecule has 0 aliphatic carbocycles. The van der Waals surface area contributed by atoms with E-state index in [0.717, 1.165) is 19.3 Å². The van der Waals surface area contributed by atoms with Gasteiger partial charge >= 0.3 is 5.97 Å². The molecule has 2 nitrogen and oxygen atoms in total. The molecule has 0 N–H and O–H groups in total. The summed E-state index contributed by atoms with van der Waals surface area (Å²) in [5.74, 6) is -0.305. The molecule has 0 amide bonds. The van der Waals surface area contributed by atoms with E-state index in [1.54, 1.807) is 0 Å². The molecule has 0 aromatic rings. The van der Waals surface area contributed by atoms with Crippen molar-refractivity contribution in [3.63, 3.8) is 0 Å². The van der Waals surface area contributed by atoms with E-state index in [0.29, 0.717) is 6.61 Å². The minimum absolute atomic E-state index is 0.140. The predicted molar refractivity (Wildman–Crippen MR) is 72.9 cm³/mol. The number of unbranched alkanes of at least 4 members (excludes halogenated alkanes) is 3. The van der Waals surface area contributed by atoms with Crippen molar-refractivity contribution in [1.82, 2.24) is 0 Å². The largest absolute Gasteiger partial charge is 0.462 e. The van der Waals surface area contributed by atoms with E-state index in [4.69, 9.17) is 4.74 Å². The van der Waals surface area contributed by atoms with Crippen LogP contribution >= 0.6 is 0 Å². The summed E-state index contributed by atoms with van der Waals surface area (Å²) in [7, 11) is 0. The van der Waals surface area contributed by atoms with Crippen LogP contribution in [-0.4, -0.2) is 12.6 Å². The molecule has 0 heterocycles. The summed E-state index contributed by atoms with van der Waals surface area (Å²) in [5, 5.41) is 0. The Morgan fingerprint density at radius 3 is 2.41 bits per heavy atom. The third-order valence-corrected chi connectivity index (χ3v) is 3.22. The van der Waals surface area contributed by atoms with Crippen LogP contribution in [-0.2, 0) is 9.53 Å². The standard InChI is InChI=1S/C15H28O2/c1-5-8-9-10-12-15(4,11-6-2)13-17-14(16)7-3/h7H,3,5-6,8-13H2,1-2,4H3. The maximum absolute atomic E-state index is 11.1. The third kappa shape index (κ3) is 8.00. The van der Waals surface area contributed by atoms with Crippen molar-refractivity contribution in [2.24, 2.45) is 5.41 Å². The van der Waals surface area contributed by atoms with Crippen LogP contribution in [0.2, 0.25) is 0 Å². The number of esters is 1. The van der Waals surface area contributed by atoms with Gasteiger partial charge in [-0.1, -0.05) is 59.5 Å². The van der Waals surface area contributed by atoms with Crippen LogP contribution in [0.25, 0.3) is 0 Å². The first-order chi connectivity index (χ1) is 8.08. The zero-order valence-corrected chi connectivity index (χ0v) is 11.8. The molecular formula is C15H28O2. The number of carbonyl (C=O) groups excluding carboxylic acids is 1. The topological polar surface area (TPSA) is 26.3 Å². The van der Waals surface area contributed by atoms with Gasteiger partial charge in [0.15, 0.2) is 0 Å². The molecule has 0 saturated heterocycles. The van der Waals surface area contributed by atoms with Crippen molar-refractivity contribution < 1.29 is 9.53 Å². The van der Waals surface area contributed by atoms with Gasteiger partial charge in [-0.15, -0.1) is 0 Å². The Morgan fingerprint density at radius 2 is 1.88 bits per heavy atom. The Labute approximate surface area is 106 Å².